The van der Waals surface area contributed by atoms with Gasteiger partial charge in [0.05, 0.1) is 6.26 Å². The van der Waals surface area contributed by atoms with E-state index in [2.05, 4.69) is 6.58 Å². The molecule has 0 saturated heterocycles. The van der Waals surface area contributed by atoms with Gasteiger partial charge in [-0.1, -0.05) is 62.7 Å². The number of esters is 1. The van der Waals surface area contributed by atoms with Crippen LogP contribution >= 0.6 is 0 Å². The maximum absolute atomic E-state index is 12.7. The summed E-state index contributed by atoms with van der Waals surface area (Å²) in [7, 11) is 0. The molecule has 0 fully saturated rings. The SMILES string of the molecule is C=COC(=O)C(CCCC)C(=O)c1ccc2ccccc2c1. The Labute approximate surface area is 130 Å². The number of benzene rings is 2. The molecular weight excluding hydrogens is 276 g/mol. The molecule has 0 saturated carbocycles. The van der Waals surface area contributed by atoms with Crippen LogP contribution in [0.2, 0.25) is 0 Å². The van der Waals surface area contributed by atoms with Gasteiger partial charge in [0.1, 0.15) is 5.92 Å². The molecule has 0 radical (unpaired) electrons. The molecule has 0 bridgehead atoms. The zero-order valence-electron chi connectivity index (χ0n) is 12.7. The number of unbranched alkanes of at least 4 members (excludes halogenated alkanes) is 1. The van der Waals surface area contributed by atoms with Crippen LogP contribution in [0.4, 0.5) is 0 Å². The summed E-state index contributed by atoms with van der Waals surface area (Å²) in [6.07, 6.45) is 3.29. The monoisotopic (exact) mass is 296 g/mol. The fraction of sp³-hybridized carbons (Fsp3) is 0.263. The average Bonchev–Trinajstić information content (AvgIpc) is 2.54. The maximum Gasteiger partial charge on any atom is 0.321 e. The Morgan fingerprint density at radius 1 is 1.18 bits per heavy atom. The van der Waals surface area contributed by atoms with Crippen LogP contribution in [0.5, 0.6) is 0 Å². The number of carbonyl (C=O) groups is 2. The molecule has 1 atom stereocenters. The van der Waals surface area contributed by atoms with Crippen molar-refractivity contribution >= 4 is 22.5 Å². The number of rotatable bonds is 7. The van der Waals surface area contributed by atoms with E-state index < -0.39 is 11.9 Å². The van der Waals surface area contributed by atoms with Gasteiger partial charge in [0.2, 0.25) is 0 Å². The highest BCUT2D eigenvalue weighted by atomic mass is 16.5. The van der Waals surface area contributed by atoms with Gasteiger partial charge in [0, 0.05) is 5.56 Å². The van der Waals surface area contributed by atoms with Gasteiger partial charge in [-0.3, -0.25) is 9.59 Å². The number of ketones is 1. The normalized spacial score (nSPS) is 11.9. The number of hydrogen-bond acceptors (Lipinski definition) is 3. The molecule has 0 N–H and O–H groups in total. The van der Waals surface area contributed by atoms with Crippen LogP contribution in [0, 0.1) is 5.92 Å². The van der Waals surface area contributed by atoms with Gasteiger partial charge in [-0.25, -0.2) is 0 Å². The van der Waals surface area contributed by atoms with E-state index in [-0.39, 0.29) is 5.78 Å². The highest BCUT2D eigenvalue weighted by Gasteiger charge is 2.28. The van der Waals surface area contributed by atoms with Crippen LogP contribution in [0.15, 0.2) is 55.3 Å². The molecule has 0 aromatic heterocycles. The van der Waals surface area contributed by atoms with Gasteiger partial charge >= 0.3 is 5.97 Å². The zero-order valence-corrected chi connectivity index (χ0v) is 12.7. The number of carbonyl (C=O) groups excluding carboxylic acids is 2. The maximum atomic E-state index is 12.7. The minimum absolute atomic E-state index is 0.189. The molecule has 1 unspecified atom stereocenters. The van der Waals surface area contributed by atoms with Crippen molar-refractivity contribution in [3.8, 4) is 0 Å². The summed E-state index contributed by atoms with van der Waals surface area (Å²) in [6, 6.07) is 13.3. The quantitative estimate of drug-likeness (QED) is 0.326. The van der Waals surface area contributed by atoms with Crippen molar-refractivity contribution < 1.29 is 14.3 Å². The van der Waals surface area contributed by atoms with Crippen molar-refractivity contribution in [1.29, 1.82) is 0 Å². The minimum Gasteiger partial charge on any atom is -0.435 e. The molecule has 114 valence electrons. The van der Waals surface area contributed by atoms with Crippen LogP contribution < -0.4 is 0 Å². The summed E-state index contributed by atoms with van der Waals surface area (Å²) in [4.78, 5) is 24.7. The first kappa shape index (κ1) is 16.0. The zero-order chi connectivity index (χ0) is 15.9. The second kappa shape index (κ2) is 7.55. The number of fused-ring (bicyclic) bond motifs is 1. The summed E-state index contributed by atoms with van der Waals surface area (Å²) in [5.74, 6) is -1.48. The predicted octanol–water partition coefficient (Wildman–Crippen LogP) is 4.52. The van der Waals surface area contributed by atoms with Gasteiger partial charge in [-0.05, 0) is 23.3 Å². The Bertz CT molecular complexity index is 688. The lowest BCUT2D eigenvalue weighted by molar-refractivity contribution is -0.141. The fourth-order valence-electron chi connectivity index (χ4n) is 2.47. The fourth-order valence-corrected chi connectivity index (χ4v) is 2.47. The van der Waals surface area contributed by atoms with Gasteiger partial charge in [-0.2, -0.15) is 0 Å². The van der Waals surface area contributed by atoms with Crippen molar-refractivity contribution in [1.82, 2.24) is 0 Å². The van der Waals surface area contributed by atoms with Gasteiger partial charge < -0.3 is 4.74 Å². The molecular formula is C19H20O3. The molecule has 0 aliphatic rings. The molecule has 0 amide bonds. The summed E-state index contributed by atoms with van der Waals surface area (Å²) in [5.41, 5.74) is 0.542. The number of Topliss-reactive ketones (excluding diaryl/α,β-unsaturated/α-hetero) is 1. The van der Waals surface area contributed by atoms with Crippen molar-refractivity contribution in [2.24, 2.45) is 5.92 Å². The van der Waals surface area contributed by atoms with E-state index in [0.717, 1.165) is 29.9 Å². The van der Waals surface area contributed by atoms with Crippen molar-refractivity contribution in [3.63, 3.8) is 0 Å². The first-order valence-corrected chi connectivity index (χ1v) is 7.51. The number of ether oxygens (including phenoxy) is 1. The molecule has 2 rings (SSSR count). The van der Waals surface area contributed by atoms with Crippen LogP contribution in [0.1, 0.15) is 36.5 Å². The Balaban J connectivity index is 2.30. The molecule has 0 spiro atoms. The van der Waals surface area contributed by atoms with Crippen LogP contribution in [-0.2, 0) is 9.53 Å². The third-order valence-corrected chi connectivity index (χ3v) is 3.68. The predicted molar refractivity (Wildman–Crippen MR) is 87.6 cm³/mol. The van der Waals surface area contributed by atoms with Gasteiger partial charge in [0.15, 0.2) is 5.78 Å². The van der Waals surface area contributed by atoms with E-state index in [0.29, 0.717) is 12.0 Å². The van der Waals surface area contributed by atoms with Crippen molar-refractivity contribution in [3.05, 3.63) is 60.9 Å². The van der Waals surface area contributed by atoms with Crippen LogP contribution in [-0.4, -0.2) is 11.8 Å². The van der Waals surface area contributed by atoms with E-state index in [1.54, 1.807) is 6.07 Å². The Kier molecular flexibility index (Phi) is 5.48. The topological polar surface area (TPSA) is 43.4 Å². The number of hydrogen-bond donors (Lipinski definition) is 0. The molecule has 0 aliphatic heterocycles. The lowest BCUT2D eigenvalue weighted by Crippen LogP contribution is -2.25. The largest absolute Gasteiger partial charge is 0.435 e. The standard InChI is InChI=1S/C19H20O3/c1-3-5-10-17(19(21)22-4-2)18(20)16-12-11-14-8-6-7-9-15(14)13-16/h4,6-9,11-13,17H,2-3,5,10H2,1H3. The first-order chi connectivity index (χ1) is 10.7. The molecule has 3 nitrogen and oxygen atoms in total. The van der Waals surface area contributed by atoms with Crippen molar-refractivity contribution in [2.45, 2.75) is 26.2 Å². The molecule has 3 heteroatoms. The molecule has 0 heterocycles. The first-order valence-electron chi connectivity index (χ1n) is 7.51. The van der Waals surface area contributed by atoms with Crippen LogP contribution in [0.3, 0.4) is 0 Å². The summed E-state index contributed by atoms with van der Waals surface area (Å²) >= 11 is 0. The molecule has 2 aromatic rings. The highest BCUT2D eigenvalue weighted by molar-refractivity contribution is 6.10. The van der Waals surface area contributed by atoms with E-state index in [1.165, 1.54) is 0 Å². The third-order valence-electron chi connectivity index (χ3n) is 3.68. The molecule has 0 aliphatic carbocycles. The second-order valence-corrected chi connectivity index (χ2v) is 5.22. The Hall–Kier alpha value is -2.42. The van der Waals surface area contributed by atoms with Gasteiger partial charge in [-0.15, -0.1) is 0 Å². The molecule has 2 aromatic carbocycles. The Morgan fingerprint density at radius 2 is 1.91 bits per heavy atom. The van der Waals surface area contributed by atoms with E-state index in [9.17, 15) is 9.59 Å². The highest BCUT2D eigenvalue weighted by Crippen LogP contribution is 2.21. The second-order valence-electron chi connectivity index (χ2n) is 5.22. The Morgan fingerprint density at radius 3 is 2.59 bits per heavy atom. The summed E-state index contributed by atoms with van der Waals surface area (Å²) < 4.78 is 4.84. The lowest BCUT2D eigenvalue weighted by atomic mass is 9.91. The summed E-state index contributed by atoms with van der Waals surface area (Å²) in [6.45, 7) is 5.41. The lowest BCUT2D eigenvalue weighted by Gasteiger charge is -2.13. The minimum atomic E-state index is -0.765. The van der Waals surface area contributed by atoms with E-state index >= 15 is 0 Å². The summed E-state index contributed by atoms with van der Waals surface area (Å²) in [5, 5.41) is 2.05. The third kappa shape index (κ3) is 3.61. The van der Waals surface area contributed by atoms with Crippen LogP contribution in [0.25, 0.3) is 10.8 Å². The van der Waals surface area contributed by atoms with E-state index in [4.69, 9.17) is 4.74 Å². The van der Waals surface area contributed by atoms with Crippen molar-refractivity contribution in [2.75, 3.05) is 0 Å². The van der Waals surface area contributed by atoms with E-state index in [1.807, 2.05) is 43.3 Å². The van der Waals surface area contributed by atoms with Gasteiger partial charge in [0.25, 0.3) is 0 Å². The smallest absolute Gasteiger partial charge is 0.321 e. The molecule has 22 heavy (non-hydrogen) atoms. The average molecular weight is 296 g/mol.